The number of esters is 1. The third-order valence-corrected chi connectivity index (χ3v) is 5.99. The zero-order valence-corrected chi connectivity index (χ0v) is 19.4. The first-order valence-electron chi connectivity index (χ1n) is 10.8. The number of ether oxygens (including phenoxy) is 1. The van der Waals surface area contributed by atoms with Gasteiger partial charge in [-0.2, -0.15) is 0 Å². The van der Waals surface area contributed by atoms with Gasteiger partial charge in [-0.15, -0.1) is 0 Å². The van der Waals surface area contributed by atoms with E-state index in [-0.39, 0.29) is 12.5 Å². The van der Waals surface area contributed by atoms with E-state index >= 15 is 0 Å². The molecule has 0 aliphatic carbocycles. The molecular weight excluding hydrogens is 398 g/mol. The van der Waals surface area contributed by atoms with Crippen LogP contribution in [0.4, 0.5) is 0 Å². The van der Waals surface area contributed by atoms with E-state index < -0.39 is 17.4 Å². The van der Waals surface area contributed by atoms with Crippen molar-refractivity contribution in [3.05, 3.63) is 106 Å². The Bertz CT molecular complexity index is 1070. The summed E-state index contributed by atoms with van der Waals surface area (Å²) in [6.07, 6.45) is 0. The summed E-state index contributed by atoms with van der Waals surface area (Å²) in [5.41, 5.74) is 5.10. The maximum absolute atomic E-state index is 13.4. The molecule has 4 nitrogen and oxygen atoms in total. The number of rotatable bonds is 7. The molecule has 32 heavy (non-hydrogen) atoms. The van der Waals surface area contributed by atoms with Gasteiger partial charge < -0.3 is 10.1 Å². The normalized spacial score (nSPS) is 12.2. The summed E-state index contributed by atoms with van der Waals surface area (Å²) in [6.45, 7) is 10.1. The molecule has 1 amide bonds. The molecule has 0 aliphatic heterocycles. The fraction of sp³-hybridized carbons (Fsp3) is 0.286. The Balaban J connectivity index is 1.88. The Hall–Kier alpha value is -3.40. The first-order valence-corrected chi connectivity index (χ1v) is 10.8. The first-order chi connectivity index (χ1) is 15.2. The van der Waals surface area contributed by atoms with Gasteiger partial charge in [-0.05, 0) is 55.2 Å². The highest BCUT2D eigenvalue weighted by atomic mass is 16.5. The summed E-state index contributed by atoms with van der Waals surface area (Å²) in [5.74, 6) is -0.762. The smallest absolute Gasteiger partial charge is 0.329 e. The van der Waals surface area contributed by atoms with Gasteiger partial charge in [-0.25, -0.2) is 4.79 Å². The van der Waals surface area contributed by atoms with Crippen LogP contribution in [0.2, 0.25) is 0 Å². The molecule has 0 unspecified atom stereocenters. The second-order valence-electron chi connectivity index (χ2n) is 8.85. The summed E-state index contributed by atoms with van der Waals surface area (Å²) in [6, 6.07) is 21.9. The van der Waals surface area contributed by atoms with Crippen molar-refractivity contribution in [2.24, 2.45) is 0 Å². The van der Waals surface area contributed by atoms with E-state index in [9.17, 15) is 9.59 Å². The summed E-state index contributed by atoms with van der Waals surface area (Å²) in [5, 5.41) is 2.93. The molecule has 0 spiro atoms. The average molecular weight is 430 g/mol. The standard InChI is InChI=1S/C28H31NO3/c1-19-16-20(2)24(21(3)17-19)18-32-27(31)25(28(4,5)23-14-10-7-11-15-23)29-26(30)22-12-8-6-9-13-22/h6-17,25H,18H2,1-5H3,(H,29,30)/t25-/m1/s1. The summed E-state index contributed by atoms with van der Waals surface area (Å²) < 4.78 is 5.78. The number of benzene rings is 3. The largest absolute Gasteiger partial charge is 0.459 e. The van der Waals surface area contributed by atoms with Crippen molar-refractivity contribution in [1.29, 1.82) is 0 Å². The van der Waals surface area contributed by atoms with Crippen molar-refractivity contribution in [2.45, 2.75) is 52.7 Å². The average Bonchev–Trinajstić information content (AvgIpc) is 2.77. The molecule has 4 heteroatoms. The Morgan fingerprint density at radius 3 is 1.97 bits per heavy atom. The van der Waals surface area contributed by atoms with Crippen LogP contribution in [0, 0.1) is 20.8 Å². The molecule has 0 bridgehead atoms. The molecule has 3 aromatic carbocycles. The first kappa shape index (κ1) is 23.3. The van der Waals surface area contributed by atoms with E-state index in [1.54, 1.807) is 24.3 Å². The lowest BCUT2D eigenvalue weighted by Gasteiger charge is -2.34. The topological polar surface area (TPSA) is 55.4 Å². The van der Waals surface area contributed by atoms with Crippen molar-refractivity contribution in [2.75, 3.05) is 0 Å². The van der Waals surface area contributed by atoms with E-state index in [4.69, 9.17) is 4.74 Å². The fourth-order valence-electron chi connectivity index (χ4n) is 4.04. The number of amides is 1. The molecule has 0 radical (unpaired) electrons. The van der Waals surface area contributed by atoms with Crippen LogP contribution in [0.3, 0.4) is 0 Å². The maximum atomic E-state index is 13.4. The molecule has 1 atom stereocenters. The maximum Gasteiger partial charge on any atom is 0.329 e. The summed E-state index contributed by atoms with van der Waals surface area (Å²) in [4.78, 5) is 26.3. The van der Waals surface area contributed by atoms with Gasteiger partial charge in [0.25, 0.3) is 5.91 Å². The minimum absolute atomic E-state index is 0.166. The zero-order valence-electron chi connectivity index (χ0n) is 19.4. The number of aryl methyl sites for hydroxylation is 3. The molecule has 3 rings (SSSR count). The summed E-state index contributed by atoms with van der Waals surface area (Å²) >= 11 is 0. The SMILES string of the molecule is Cc1cc(C)c(COC(=O)[C@@H](NC(=O)c2ccccc2)C(C)(C)c2ccccc2)c(C)c1. The van der Waals surface area contributed by atoms with Crippen molar-refractivity contribution < 1.29 is 14.3 Å². The molecule has 1 N–H and O–H groups in total. The molecule has 0 aliphatic rings. The number of nitrogens with one attached hydrogen (secondary N) is 1. The molecule has 0 saturated carbocycles. The van der Waals surface area contributed by atoms with Crippen molar-refractivity contribution in [3.8, 4) is 0 Å². The second kappa shape index (κ2) is 9.82. The number of hydrogen-bond acceptors (Lipinski definition) is 3. The molecule has 3 aromatic rings. The van der Waals surface area contributed by atoms with Gasteiger partial charge in [0.2, 0.25) is 0 Å². The number of carbonyl (C=O) groups is 2. The van der Waals surface area contributed by atoms with Crippen LogP contribution in [0.25, 0.3) is 0 Å². The predicted octanol–water partition coefficient (Wildman–Crippen LogP) is 5.43. The quantitative estimate of drug-likeness (QED) is 0.510. The van der Waals surface area contributed by atoms with Crippen LogP contribution in [-0.4, -0.2) is 17.9 Å². The lowest BCUT2D eigenvalue weighted by Crippen LogP contribution is -2.53. The van der Waals surface area contributed by atoms with Gasteiger partial charge in [0.1, 0.15) is 12.6 Å². The van der Waals surface area contributed by atoms with Gasteiger partial charge in [0.05, 0.1) is 0 Å². The fourth-order valence-corrected chi connectivity index (χ4v) is 4.04. The Kier molecular flexibility index (Phi) is 7.14. The van der Waals surface area contributed by atoms with Crippen LogP contribution < -0.4 is 5.32 Å². The van der Waals surface area contributed by atoms with Crippen molar-refractivity contribution in [3.63, 3.8) is 0 Å². The van der Waals surface area contributed by atoms with E-state index in [2.05, 4.69) is 17.4 Å². The van der Waals surface area contributed by atoms with Gasteiger partial charge in [0, 0.05) is 11.0 Å². The van der Waals surface area contributed by atoms with Crippen molar-refractivity contribution >= 4 is 11.9 Å². The van der Waals surface area contributed by atoms with Gasteiger partial charge in [0.15, 0.2) is 0 Å². The van der Waals surface area contributed by atoms with E-state index in [0.29, 0.717) is 5.56 Å². The molecule has 0 heterocycles. The molecule has 166 valence electrons. The van der Waals surface area contributed by atoms with Gasteiger partial charge in [-0.3, -0.25) is 4.79 Å². The number of hydrogen-bond donors (Lipinski definition) is 1. The Labute approximate surface area is 190 Å². The van der Waals surface area contributed by atoms with Crippen LogP contribution in [-0.2, 0) is 21.6 Å². The highest BCUT2D eigenvalue weighted by molar-refractivity contribution is 5.97. The molecular formula is C28H31NO3. The van der Waals surface area contributed by atoms with Crippen LogP contribution in [0.1, 0.15) is 52.0 Å². The summed E-state index contributed by atoms with van der Waals surface area (Å²) in [7, 11) is 0. The van der Waals surface area contributed by atoms with E-state index in [1.165, 1.54) is 5.56 Å². The van der Waals surface area contributed by atoms with E-state index in [0.717, 1.165) is 22.3 Å². The van der Waals surface area contributed by atoms with Crippen molar-refractivity contribution in [1.82, 2.24) is 5.32 Å². The minimum Gasteiger partial charge on any atom is -0.459 e. The van der Waals surface area contributed by atoms with Crippen LogP contribution in [0.5, 0.6) is 0 Å². The third-order valence-electron chi connectivity index (χ3n) is 5.99. The van der Waals surface area contributed by atoms with Crippen LogP contribution in [0.15, 0.2) is 72.8 Å². The highest BCUT2D eigenvalue weighted by Crippen LogP contribution is 2.29. The second-order valence-corrected chi connectivity index (χ2v) is 8.85. The Morgan fingerprint density at radius 1 is 0.875 bits per heavy atom. The van der Waals surface area contributed by atoms with E-state index in [1.807, 2.05) is 71.0 Å². The predicted molar refractivity (Wildman–Crippen MR) is 128 cm³/mol. The Morgan fingerprint density at radius 2 is 1.41 bits per heavy atom. The lowest BCUT2D eigenvalue weighted by atomic mass is 9.77. The zero-order chi connectivity index (χ0) is 23.3. The molecule has 0 saturated heterocycles. The van der Waals surface area contributed by atoms with Gasteiger partial charge >= 0.3 is 5.97 Å². The van der Waals surface area contributed by atoms with Gasteiger partial charge in [-0.1, -0.05) is 80.1 Å². The molecule has 0 fully saturated rings. The number of carbonyl (C=O) groups excluding carboxylic acids is 2. The lowest BCUT2D eigenvalue weighted by molar-refractivity contribution is -0.149. The minimum atomic E-state index is -0.858. The van der Waals surface area contributed by atoms with Crippen LogP contribution >= 0.6 is 0 Å². The third kappa shape index (κ3) is 5.25. The molecule has 0 aromatic heterocycles. The monoisotopic (exact) mass is 429 g/mol. The highest BCUT2D eigenvalue weighted by Gasteiger charge is 2.39.